The number of allylic oxidation sites excluding steroid dienone is 2. The molecule has 1 heterocycles. The Hall–Kier alpha value is -3.02. The van der Waals surface area contributed by atoms with Gasteiger partial charge in [-0.05, 0) is 48.3 Å². The van der Waals surface area contributed by atoms with Crippen molar-refractivity contribution in [1.29, 1.82) is 0 Å². The summed E-state index contributed by atoms with van der Waals surface area (Å²) in [4.78, 5) is 26.3. The average Bonchev–Trinajstić information content (AvgIpc) is 2.83. The molecule has 0 radical (unpaired) electrons. The lowest BCUT2D eigenvalue weighted by Gasteiger charge is -2.26. The second kappa shape index (κ2) is 7.91. The molecule has 0 spiro atoms. The molecule has 0 bridgehead atoms. The van der Waals surface area contributed by atoms with E-state index in [0.29, 0.717) is 5.69 Å². The van der Waals surface area contributed by atoms with Crippen LogP contribution >= 0.6 is 0 Å². The number of methoxy groups -OCH3 is 2. The smallest absolute Gasteiger partial charge is 0.355 e. The minimum absolute atomic E-state index is 0.0489. The Morgan fingerprint density at radius 3 is 2.31 bits per heavy atom. The predicted octanol–water partition coefficient (Wildman–Crippen LogP) is 3.31. The van der Waals surface area contributed by atoms with Crippen LogP contribution in [-0.2, 0) is 19.1 Å². The first-order valence-corrected chi connectivity index (χ1v) is 8.20. The monoisotopic (exact) mass is 357 g/mol. The van der Waals surface area contributed by atoms with Crippen LogP contribution in [0, 0.1) is 6.92 Å². The number of anilines is 1. The number of aryl methyl sites for hydroxylation is 1. The van der Waals surface area contributed by atoms with Gasteiger partial charge in [-0.15, -0.1) is 0 Å². The average molecular weight is 357 g/mol. The molecular weight excluding hydrogens is 334 g/mol. The molecular formula is C20H23NO5. The lowest BCUT2D eigenvalue weighted by atomic mass is 9.98. The normalized spacial score (nSPS) is 13.8. The van der Waals surface area contributed by atoms with Crippen LogP contribution < -0.4 is 4.90 Å². The number of benzene rings is 1. The van der Waals surface area contributed by atoms with Crippen molar-refractivity contribution >= 4 is 17.6 Å². The van der Waals surface area contributed by atoms with E-state index in [9.17, 15) is 14.7 Å². The molecule has 26 heavy (non-hydrogen) atoms. The molecule has 0 aliphatic carbocycles. The zero-order valence-electron chi connectivity index (χ0n) is 15.6. The van der Waals surface area contributed by atoms with Gasteiger partial charge in [0.25, 0.3) is 0 Å². The number of hydrogen-bond acceptors (Lipinski definition) is 6. The lowest BCUT2D eigenvalue weighted by Crippen LogP contribution is -2.27. The Labute approximate surface area is 153 Å². The molecule has 0 amide bonds. The van der Waals surface area contributed by atoms with Gasteiger partial charge in [0.05, 0.1) is 19.8 Å². The molecule has 0 fully saturated rings. The van der Waals surface area contributed by atoms with E-state index < -0.39 is 11.9 Å². The summed E-state index contributed by atoms with van der Waals surface area (Å²) < 4.78 is 9.72. The maximum atomic E-state index is 12.5. The Morgan fingerprint density at radius 1 is 1.08 bits per heavy atom. The van der Waals surface area contributed by atoms with Crippen LogP contribution in [0.3, 0.4) is 0 Å². The van der Waals surface area contributed by atoms with Crippen molar-refractivity contribution < 1.29 is 24.2 Å². The number of aromatic hydroxyl groups is 1. The first kappa shape index (κ1) is 19.3. The number of hydrogen-bond donors (Lipinski definition) is 1. The summed E-state index contributed by atoms with van der Waals surface area (Å²) in [7, 11) is 2.51. The zero-order valence-corrected chi connectivity index (χ0v) is 15.6. The number of phenols is 1. The van der Waals surface area contributed by atoms with Crippen LogP contribution in [0.15, 0.2) is 47.8 Å². The predicted molar refractivity (Wildman–Crippen MR) is 98.7 cm³/mol. The maximum absolute atomic E-state index is 12.5. The second-order valence-electron chi connectivity index (χ2n) is 6.17. The molecule has 0 unspecified atom stereocenters. The van der Waals surface area contributed by atoms with Crippen molar-refractivity contribution in [2.45, 2.75) is 26.7 Å². The van der Waals surface area contributed by atoms with Gasteiger partial charge in [-0.25, -0.2) is 9.59 Å². The first-order valence-electron chi connectivity index (χ1n) is 8.20. The van der Waals surface area contributed by atoms with Gasteiger partial charge >= 0.3 is 11.9 Å². The van der Waals surface area contributed by atoms with Crippen LogP contribution in [0.5, 0.6) is 5.75 Å². The summed E-state index contributed by atoms with van der Waals surface area (Å²) in [6, 6.07) is 3.45. The van der Waals surface area contributed by atoms with Crippen molar-refractivity contribution in [3.8, 4) is 5.75 Å². The third kappa shape index (κ3) is 3.64. The number of ether oxygens (including phenoxy) is 2. The number of carbonyl (C=O) groups excluding carboxylic acids is 2. The van der Waals surface area contributed by atoms with Gasteiger partial charge in [0.1, 0.15) is 11.4 Å². The van der Waals surface area contributed by atoms with Crippen molar-refractivity contribution in [1.82, 2.24) is 0 Å². The molecule has 1 aliphatic heterocycles. The molecule has 2 rings (SSSR count). The van der Waals surface area contributed by atoms with Crippen molar-refractivity contribution in [3.63, 3.8) is 0 Å². The summed E-state index contributed by atoms with van der Waals surface area (Å²) in [5.74, 6) is -1.04. The van der Waals surface area contributed by atoms with E-state index >= 15 is 0 Å². The van der Waals surface area contributed by atoms with E-state index in [1.54, 1.807) is 29.3 Å². The number of esters is 2. The third-order valence-corrected chi connectivity index (χ3v) is 4.12. The molecule has 0 atom stereocenters. The van der Waals surface area contributed by atoms with Gasteiger partial charge < -0.3 is 19.5 Å². The Morgan fingerprint density at radius 2 is 1.73 bits per heavy atom. The topological polar surface area (TPSA) is 76.1 Å². The van der Waals surface area contributed by atoms with Crippen LogP contribution in [0.4, 0.5) is 5.69 Å². The molecule has 6 heteroatoms. The molecule has 1 N–H and O–H groups in total. The van der Waals surface area contributed by atoms with E-state index in [2.05, 4.69) is 0 Å². The van der Waals surface area contributed by atoms with Crippen molar-refractivity contribution in [2.24, 2.45) is 0 Å². The van der Waals surface area contributed by atoms with E-state index in [4.69, 9.17) is 9.47 Å². The van der Waals surface area contributed by atoms with Gasteiger partial charge in [-0.2, -0.15) is 0 Å². The van der Waals surface area contributed by atoms with Gasteiger partial charge in [0.2, 0.25) is 0 Å². The fourth-order valence-corrected chi connectivity index (χ4v) is 2.77. The molecule has 1 aliphatic rings. The highest BCUT2D eigenvalue weighted by atomic mass is 16.5. The minimum Gasteiger partial charge on any atom is -0.508 e. The van der Waals surface area contributed by atoms with Crippen LogP contribution in [0.2, 0.25) is 0 Å². The lowest BCUT2D eigenvalue weighted by molar-refractivity contribution is -0.139. The molecule has 138 valence electrons. The van der Waals surface area contributed by atoms with E-state index in [1.807, 2.05) is 26.8 Å². The minimum atomic E-state index is -0.667. The quantitative estimate of drug-likeness (QED) is 0.833. The molecule has 0 saturated heterocycles. The van der Waals surface area contributed by atoms with Gasteiger partial charge in [0.15, 0.2) is 0 Å². The summed E-state index contributed by atoms with van der Waals surface area (Å²) in [6.07, 6.45) is 6.53. The van der Waals surface area contributed by atoms with Crippen molar-refractivity contribution in [3.05, 3.63) is 59.0 Å². The number of carbonyl (C=O) groups is 2. The third-order valence-electron chi connectivity index (χ3n) is 4.12. The highest BCUT2D eigenvalue weighted by Gasteiger charge is 2.28. The fourth-order valence-electron chi connectivity index (χ4n) is 2.77. The zero-order chi connectivity index (χ0) is 19.4. The second-order valence-corrected chi connectivity index (χ2v) is 6.17. The highest BCUT2D eigenvalue weighted by Crippen LogP contribution is 2.36. The molecule has 1 aromatic carbocycles. The molecule has 0 aromatic heterocycles. The summed E-state index contributed by atoms with van der Waals surface area (Å²) in [5, 5.41) is 10.2. The van der Waals surface area contributed by atoms with Gasteiger partial charge in [-0.1, -0.05) is 19.9 Å². The number of phenolic OH excluding ortho intramolecular Hbond substituents is 1. The number of nitrogens with zero attached hydrogens (tertiary/aromatic N) is 1. The first-order chi connectivity index (χ1) is 12.3. The Kier molecular flexibility index (Phi) is 5.87. The maximum Gasteiger partial charge on any atom is 0.355 e. The van der Waals surface area contributed by atoms with Crippen molar-refractivity contribution in [2.75, 3.05) is 19.1 Å². The van der Waals surface area contributed by atoms with E-state index in [0.717, 1.165) is 11.1 Å². The fraction of sp³-hybridized carbons (Fsp3) is 0.300. The van der Waals surface area contributed by atoms with E-state index in [1.165, 1.54) is 20.3 Å². The molecule has 1 aromatic rings. The largest absolute Gasteiger partial charge is 0.508 e. The standard InChI is InChI=1S/C20H23NO5/c1-12(2)15-11-16(13(3)10-17(15)22)21-9-7-6-8-14(19(23)25-4)18(21)20(24)26-5/h6-12,22H,1-5H3. The van der Waals surface area contributed by atoms with E-state index in [-0.39, 0.29) is 22.9 Å². The van der Waals surface area contributed by atoms with Crippen LogP contribution in [0.25, 0.3) is 0 Å². The summed E-state index contributed by atoms with van der Waals surface area (Å²) >= 11 is 0. The van der Waals surface area contributed by atoms with Gasteiger partial charge in [-0.3, -0.25) is 0 Å². The molecule has 0 saturated carbocycles. The summed E-state index contributed by atoms with van der Waals surface area (Å²) in [5.41, 5.74) is 2.27. The SMILES string of the molecule is COC(=O)C1=C(C(=O)OC)N(c2cc(C(C)C)c(O)cc2C)C=CC=C1. The van der Waals surface area contributed by atoms with Crippen LogP contribution in [0.1, 0.15) is 30.9 Å². The Bertz CT molecular complexity index is 818. The molecule has 6 nitrogen and oxygen atoms in total. The van der Waals surface area contributed by atoms with Gasteiger partial charge in [0, 0.05) is 11.9 Å². The Balaban J connectivity index is 2.75. The van der Waals surface area contributed by atoms with Crippen LogP contribution in [-0.4, -0.2) is 31.3 Å². The summed E-state index contributed by atoms with van der Waals surface area (Å²) in [6.45, 7) is 5.74. The number of rotatable bonds is 4. The highest BCUT2D eigenvalue weighted by molar-refractivity contribution is 6.05.